The first-order chi connectivity index (χ1) is 6.28. The van der Waals surface area contributed by atoms with E-state index in [1.54, 1.807) is 7.11 Å². The highest BCUT2D eigenvalue weighted by atomic mass is 16.5. The number of methoxy groups -OCH3 is 1. The van der Waals surface area contributed by atoms with Gasteiger partial charge >= 0.3 is 0 Å². The zero-order valence-corrected chi connectivity index (χ0v) is 8.51. The minimum Gasteiger partial charge on any atom is -0.381 e. The van der Waals surface area contributed by atoms with Crippen LogP contribution < -0.4 is 5.32 Å². The van der Waals surface area contributed by atoms with Crippen molar-refractivity contribution in [2.75, 3.05) is 20.8 Å². The second-order valence-corrected chi connectivity index (χ2v) is 4.28. The number of hydrogen-bond acceptors (Lipinski definition) is 3. The number of hydrogen-bond donors (Lipinski definition) is 1. The van der Waals surface area contributed by atoms with Gasteiger partial charge in [-0.1, -0.05) is 0 Å². The topological polar surface area (TPSA) is 30.5 Å². The number of rotatable bonds is 2. The Hall–Kier alpha value is -0.120. The van der Waals surface area contributed by atoms with Crippen LogP contribution in [0.25, 0.3) is 0 Å². The van der Waals surface area contributed by atoms with Gasteiger partial charge in [0.1, 0.15) is 0 Å². The first-order valence-corrected chi connectivity index (χ1v) is 5.12. The van der Waals surface area contributed by atoms with E-state index in [1.165, 1.54) is 0 Å². The molecule has 3 heteroatoms. The third kappa shape index (κ3) is 1.73. The maximum absolute atomic E-state index is 5.85. The van der Waals surface area contributed by atoms with Gasteiger partial charge in [0, 0.05) is 32.6 Å². The molecule has 3 nitrogen and oxygen atoms in total. The molecule has 0 aromatic carbocycles. The lowest BCUT2D eigenvalue weighted by Crippen LogP contribution is -2.56. The molecule has 0 radical (unpaired) electrons. The Morgan fingerprint density at radius 1 is 1.38 bits per heavy atom. The Morgan fingerprint density at radius 3 is 2.77 bits per heavy atom. The molecule has 0 aromatic heterocycles. The first-order valence-electron chi connectivity index (χ1n) is 5.12. The standard InChI is InChI=1S/C10H19NO2/c1-11-8-3-4-13-10(5-8)6-9(7-10)12-2/h8-9,11H,3-7H2,1-2H3. The monoisotopic (exact) mass is 185 g/mol. The van der Waals surface area contributed by atoms with Crippen molar-refractivity contribution in [2.24, 2.45) is 0 Å². The van der Waals surface area contributed by atoms with E-state index in [9.17, 15) is 0 Å². The van der Waals surface area contributed by atoms with Crippen LogP contribution in [0.3, 0.4) is 0 Å². The van der Waals surface area contributed by atoms with Gasteiger partial charge in [-0.3, -0.25) is 0 Å². The normalized spacial score (nSPS) is 44.8. The van der Waals surface area contributed by atoms with Crippen molar-refractivity contribution in [1.82, 2.24) is 5.32 Å². The van der Waals surface area contributed by atoms with Crippen LogP contribution in [0.4, 0.5) is 0 Å². The number of ether oxygens (including phenoxy) is 2. The van der Waals surface area contributed by atoms with E-state index in [1.807, 2.05) is 7.05 Å². The van der Waals surface area contributed by atoms with Crippen molar-refractivity contribution in [3.63, 3.8) is 0 Å². The molecule has 0 amide bonds. The summed E-state index contributed by atoms with van der Waals surface area (Å²) in [5.74, 6) is 0. The SMILES string of the molecule is CNC1CCOC2(C1)CC(OC)C2. The average molecular weight is 185 g/mol. The molecule has 2 fully saturated rings. The lowest BCUT2D eigenvalue weighted by atomic mass is 9.71. The number of nitrogens with one attached hydrogen (secondary N) is 1. The van der Waals surface area contributed by atoms with Crippen LogP contribution >= 0.6 is 0 Å². The zero-order valence-electron chi connectivity index (χ0n) is 8.51. The van der Waals surface area contributed by atoms with E-state index in [4.69, 9.17) is 9.47 Å². The molecular formula is C10H19NO2. The molecule has 1 atom stereocenters. The van der Waals surface area contributed by atoms with Crippen LogP contribution in [-0.2, 0) is 9.47 Å². The molecule has 2 aliphatic rings. The summed E-state index contributed by atoms with van der Waals surface area (Å²) in [6.45, 7) is 0.905. The maximum atomic E-state index is 5.85. The molecule has 1 spiro atoms. The zero-order chi connectivity index (χ0) is 9.31. The van der Waals surface area contributed by atoms with Gasteiger partial charge in [0.05, 0.1) is 11.7 Å². The summed E-state index contributed by atoms with van der Waals surface area (Å²) in [6, 6.07) is 0.645. The Morgan fingerprint density at radius 2 is 2.15 bits per heavy atom. The molecule has 1 aliphatic carbocycles. The highest BCUT2D eigenvalue weighted by Crippen LogP contribution is 2.43. The second-order valence-electron chi connectivity index (χ2n) is 4.28. The van der Waals surface area contributed by atoms with Crippen molar-refractivity contribution >= 4 is 0 Å². The van der Waals surface area contributed by atoms with E-state index in [-0.39, 0.29) is 5.60 Å². The quantitative estimate of drug-likeness (QED) is 0.694. The summed E-state index contributed by atoms with van der Waals surface area (Å²) >= 11 is 0. The summed E-state index contributed by atoms with van der Waals surface area (Å²) in [5.41, 5.74) is 0.159. The molecule has 13 heavy (non-hydrogen) atoms. The van der Waals surface area contributed by atoms with E-state index < -0.39 is 0 Å². The molecule has 1 saturated carbocycles. The maximum Gasteiger partial charge on any atom is 0.0746 e. The van der Waals surface area contributed by atoms with Gasteiger partial charge in [-0.25, -0.2) is 0 Å². The third-order valence-corrected chi connectivity index (χ3v) is 3.43. The molecule has 76 valence electrons. The summed E-state index contributed by atoms with van der Waals surface area (Å²) in [6.07, 6.45) is 4.92. The lowest BCUT2D eigenvalue weighted by Gasteiger charge is -2.50. The molecule has 1 aliphatic heterocycles. The molecule has 2 rings (SSSR count). The van der Waals surface area contributed by atoms with E-state index >= 15 is 0 Å². The van der Waals surface area contributed by atoms with Crippen LogP contribution in [0.5, 0.6) is 0 Å². The van der Waals surface area contributed by atoms with Crippen molar-refractivity contribution in [2.45, 2.75) is 43.4 Å². The van der Waals surface area contributed by atoms with Crippen molar-refractivity contribution in [3.8, 4) is 0 Å². The van der Waals surface area contributed by atoms with E-state index in [0.717, 1.165) is 32.3 Å². The van der Waals surface area contributed by atoms with Gasteiger partial charge in [-0.2, -0.15) is 0 Å². The molecule has 1 saturated heterocycles. The second kappa shape index (κ2) is 3.56. The molecule has 1 N–H and O–H groups in total. The summed E-state index contributed by atoms with van der Waals surface area (Å²) < 4.78 is 11.1. The Labute approximate surface area is 79.8 Å². The largest absolute Gasteiger partial charge is 0.381 e. The summed E-state index contributed by atoms with van der Waals surface area (Å²) in [7, 11) is 3.83. The fourth-order valence-corrected chi connectivity index (χ4v) is 2.50. The van der Waals surface area contributed by atoms with E-state index in [0.29, 0.717) is 12.1 Å². The minimum absolute atomic E-state index is 0.159. The summed E-state index contributed by atoms with van der Waals surface area (Å²) in [4.78, 5) is 0. The van der Waals surface area contributed by atoms with Crippen LogP contribution in [0.15, 0.2) is 0 Å². The minimum atomic E-state index is 0.159. The van der Waals surface area contributed by atoms with Crippen LogP contribution in [0.1, 0.15) is 25.7 Å². The summed E-state index contributed by atoms with van der Waals surface area (Å²) in [5, 5.41) is 3.34. The predicted molar refractivity (Wildman–Crippen MR) is 50.8 cm³/mol. The fourth-order valence-electron chi connectivity index (χ4n) is 2.50. The van der Waals surface area contributed by atoms with Crippen molar-refractivity contribution in [3.05, 3.63) is 0 Å². The van der Waals surface area contributed by atoms with Gasteiger partial charge in [-0.05, 0) is 19.9 Å². The highest BCUT2D eigenvalue weighted by Gasteiger charge is 2.48. The third-order valence-electron chi connectivity index (χ3n) is 3.43. The smallest absolute Gasteiger partial charge is 0.0746 e. The molecular weight excluding hydrogens is 166 g/mol. The molecule has 1 unspecified atom stereocenters. The highest BCUT2D eigenvalue weighted by molar-refractivity contribution is 5.01. The van der Waals surface area contributed by atoms with E-state index in [2.05, 4.69) is 5.32 Å². The van der Waals surface area contributed by atoms with Gasteiger partial charge < -0.3 is 14.8 Å². The first kappa shape index (κ1) is 9.44. The fraction of sp³-hybridized carbons (Fsp3) is 1.00. The van der Waals surface area contributed by atoms with Crippen LogP contribution in [0.2, 0.25) is 0 Å². The Bertz CT molecular complexity index is 178. The van der Waals surface area contributed by atoms with Crippen LogP contribution in [-0.4, -0.2) is 38.5 Å². The lowest BCUT2D eigenvalue weighted by molar-refractivity contribution is -0.188. The van der Waals surface area contributed by atoms with Gasteiger partial charge in [0.2, 0.25) is 0 Å². The molecule has 0 bridgehead atoms. The molecule has 1 heterocycles. The Balaban J connectivity index is 1.86. The van der Waals surface area contributed by atoms with Gasteiger partial charge in [0.25, 0.3) is 0 Å². The van der Waals surface area contributed by atoms with Crippen molar-refractivity contribution in [1.29, 1.82) is 0 Å². The van der Waals surface area contributed by atoms with Crippen molar-refractivity contribution < 1.29 is 9.47 Å². The van der Waals surface area contributed by atoms with Gasteiger partial charge in [0.15, 0.2) is 0 Å². The van der Waals surface area contributed by atoms with Crippen LogP contribution in [0, 0.1) is 0 Å². The molecule has 0 aromatic rings. The Kier molecular flexibility index (Phi) is 2.58. The van der Waals surface area contributed by atoms with Gasteiger partial charge in [-0.15, -0.1) is 0 Å². The average Bonchev–Trinajstić information content (AvgIpc) is 2.14. The predicted octanol–water partition coefficient (Wildman–Crippen LogP) is 0.932.